The van der Waals surface area contributed by atoms with Crippen molar-refractivity contribution in [1.29, 1.82) is 0 Å². The van der Waals surface area contributed by atoms with Crippen LogP contribution in [0.5, 0.6) is 5.75 Å². The van der Waals surface area contributed by atoms with Crippen LogP contribution in [0.3, 0.4) is 0 Å². The van der Waals surface area contributed by atoms with E-state index in [0.29, 0.717) is 11.8 Å². The molecule has 1 heterocycles. The van der Waals surface area contributed by atoms with E-state index in [1.807, 2.05) is 19.9 Å². The van der Waals surface area contributed by atoms with Gasteiger partial charge in [-0.15, -0.1) is 0 Å². The van der Waals surface area contributed by atoms with E-state index in [1.54, 1.807) is 0 Å². The Bertz CT molecular complexity index is 370. The molecular weight excluding hydrogens is 200 g/mol. The number of hydrogen-bond acceptors (Lipinski definition) is 3. The topological polar surface area (TPSA) is 44.3 Å². The van der Waals surface area contributed by atoms with E-state index in [0.717, 1.165) is 42.7 Å². The zero-order chi connectivity index (χ0) is 11.5. The maximum Gasteiger partial charge on any atom is 0.123 e. The Morgan fingerprint density at radius 2 is 1.94 bits per heavy atom. The summed E-state index contributed by atoms with van der Waals surface area (Å²) < 4.78 is 0. The van der Waals surface area contributed by atoms with Crippen molar-refractivity contribution in [1.82, 2.24) is 5.32 Å². The van der Waals surface area contributed by atoms with Crippen LogP contribution in [-0.4, -0.2) is 24.2 Å². The van der Waals surface area contributed by atoms with Gasteiger partial charge in [0.05, 0.1) is 0 Å². The highest BCUT2D eigenvalue weighted by Crippen LogP contribution is 2.29. The zero-order valence-corrected chi connectivity index (χ0v) is 10.0. The van der Waals surface area contributed by atoms with Gasteiger partial charge in [-0.3, -0.25) is 0 Å². The van der Waals surface area contributed by atoms with Gasteiger partial charge in [0.1, 0.15) is 5.75 Å². The summed E-state index contributed by atoms with van der Waals surface area (Å²) in [4.78, 5) is 0. The van der Waals surface area contributed by atoms with Gasteiger partial charge in [-0.25, -0.2) is 0 Å². The van der Waals surface area contributed by atoms with E-state index >= 15 is 0 Å². The molecule has 1 aromatic rings. The van der Waals surface area contributed by atoms with Gasteiger partial charge in [-0.1, -0.05) is 6.07 Å². The number of phenols is 1. The predicted molar refractivity (Wildman–Crippen MR) is 67.1 cm³/mol. The standard InChI is InChI=1S/C13H20N2O/c1-9-3-4-12(10(2)13(9)16)15-11-5-7-14-8-6-11/h3-4,11,14-16H,5-8H2,1-2H3. The maximum absolute atomic E-state index is 9.86. The molecule has 0 aliphatic carbocycles. The van der Waals surface area contributed by atoms with E-state index in [9.17, 15) is 5.11 Å². The lowest BCUT2D eigenvalue weighted by Crippen LogP contribution is -2.35. The molecule has 1 fully saturated rings. The molecule has 1 aliphatic heterocycles. The molecule has 0 saturated carbocycles. The van der Waals surface area contributed by atoms with Crippen LogP contribution in [0.25, 0.3) is 0 Å². The van der Waals surface area contributed by atoms with Crippen molar-refractivity contribution in [2.45, 2.75) is 32.7 Å². The lowest BCUT2D eigenvalue weighted by atomic mass is 10.0. The third-order valence-corrected chi connectivity index (χ3v) is 3.33. The largest absolute Gasteiger partial charge is 0.507 e. The van der Waals surface area contributed by atoms with Crippen LogP contribution >= 0.6 is 0 Å². The molecule has 3 heteroatoms. The monoisotopic (exact) mass is 220 g/mol. The summed E-state index contributed by atoms with van der Waals surface area (Å²) in [6.07, 6.45) is 2.29. The Morgan fingerprint density at radius 1 is 1.25 bits per heavy atom. The van der Waals surface area contributed by atoms with Crippen molar-refractivity contribution in [2.75, 3.05) is 18.4 Å². The number of piperidine rings is 1. The molecule has 0 amide bonds. The SMILES string of the molecule is Cc1ccc(NC2CCNCC2)c(C)c1O. The molecule has 0 aromatic heterocycles. The predicted octanol–water partition coefficient (Wildman–Crippen LogP) is 2.17. The first-order valence-corrected chi connectivity index (χ1v) is 5.95. The van der Waals surface area contributed by atoms with E-state index in [-0.39, 0.29) is 0 Å². The summed E-state index contributed by atoms with van der Waals surface area (Å²) in [6, 6.07) is 4.56. The molecule has 1 aliphatic rings. The molecule has 2 rings (SSSR count). The highest BCUT2D eigenvalue weighted by Gasteiger charge is 2.14. The maximum atomic E-state index is 9.86. The number of aromatic hydroxyl groups is 1. The van der Waals surface area contributed by atoms with E-state index in [4.69, 9.17) is 0 Å². The summed E-state index contributed by atoms with van der Waals surface area (Å²) in [5.41, 5.74) is 2.96. The van der Waals surface area contributed by atoms with Crippen LogP contribution in [0, 0.1) is 13.8 Å². The third kappa shape index (κ3) is 2.30. The minimum absolute atomic E-state index is 0.416. The van der Waals surface area contributed by atoms with Crippen molar-refractivity contribution < 1.29 is 5.11 Å². The van der Waals surface area contributed by atoms with Gasteiger partial charge in [0.2, 0.25) is 0 Å². The smallest absolute Gasteiger partial charge is 0.123 e. The van der Waals surface area contributed by atoms with Gasteiger partial charge in [0, 0.05) is 17.3 Å². The second kappa shape index (κ2) is 4.74. The second-order valence-corrected chi connectivity index (χ2v) is 4.57. The van der Waals surface area contributed by atoms with E-state index < -0.39 is 0 Å². The summed E-state index contributed by atoms with van der Waals surface area (Å²) in [5.74, 6) is 0.416. The summed E-state index contributed by atoms with van der Waals surface area (Å²) in [5, 5.41) is 16.7. The molecule has 0 atom stereocenters. The molecule has 0 radical (unpaired) electrons. The first-order valence-electron chi connectivity index (χ1n) is 5.95. The number of aryl methyl sites for hydroxylation is 1. The van der Waals surface area contributed by atoms with Crippen molar-refractivity contribution in [3.63, 3.8) is 0 Å². The lowest BCUT2D eigenvalue weighted by Gasteiger charge is -2.25. The lowest BCUT2D eigenvalue weighted by molar-refractivity contribution is 0.465. The summed E-state index contributed by atoms with van der Waals surface area (Å²) in [6.45, 7) is 6.05. The number of rotatable bonds is 2. The molecular formula is C13H20N2O. The molecule has 1 aromatic carbocycles. The van der Waals surface area contributed by atoms with Crippen LogP contribution in [0.15, 0.2) is 12.1 Å². The summed E-state index contributed by atoms with van der Waals surface area (Å²) in [7, 11) is 0. The van der Waals surface area contributed by atoms with Crippen molar-refractivity contribution in [3.8, 4) is 5.75 Å². The van der Waals surface area contributed by atoms with Gasteiger partial charge in [-0.2, -0.15) is 0 Å². The Labute approximate surface area is 96.9 Å². The minimum Gasteiger partial charge on any atom is -0.507 e. The Balaban J connectivity index is 2.11. The molecule has 3 nitrogen and oxygen atoms in total. The molecule has 16 heavy (non-hydrogen) atoms. The van der Waals surface area contributed by atoms with E-state index in [2.05, 4.69) is 16.7 Å². The highest BCUT2D eigenvalue weighted by atomic mass is 16.3. The average molecular weight is 220 g/mol. The van der Waals surface area contributed by atoms with Crippen molar-refractivity contribution in [3.05, 3.63) is 23.3 Å². The Morgan fingerprint density at radius 3 is 2.62 bits per heavy atom. The molecule has 1 saturated heterocycles. The number of anilines is 1. The molecule has 0 spiro atoms. The van der Waals surface area contributed by atoms with Crippen molar-refractivity contribution >= 4 is 5.69 Å². The van der Waals surface area contributed by atoms with Gasteiger partial charge in [0.15, 0.2) is 0 Å². The molecule has 0 unspecified atom stereocenters. The Kier molecular flexibility index (Phi) is 3.34. The second-order valence-electron chi connectivity index (χ2n) is 4.57. The molecule has 3 N–H and O–H groups in total. The molecule has 0 bridgehead atoms. The van der Waals surface area contributed by atoms with E-state index in [1.165, 1.54) is 0 Å². The van der Waals surface area contributed by atoms with Crippen molar-refractivity contribution in [2.24, 2.45) is 0 Å². The van der Waals surface area contributed by atoms with Crippen LogP contribution in [0.4, 0.5) is 5.69 Å². The van der Waals surface area contributed by atoms with Gasteiger partial charge < -0.3 is 15.7 Å². The number of hydrogen-bond donors (Lipinski definition) is 3. The van der Waals surface area contributed by atoms with Gasteiger partial charge in [0.25, 0.3) is 0 Å². The van der Waals surface area contributed by atoms with Crippen LogP contribution in [-0.2, 0) is 0 Å². The zero-order valence-electron chi connectivity index (χ0n) is 10.0. The minimum atomic E-state index is 0.416. The number of phenolic OH excluding ortho intramolecular Hbond substituents is 1. The first-order chi connectivity index (χ1) is 7.68. The molecule has 88 valence electrons. The quantitative estimate of drug-likeness (QED) is 0.715. The fraction of sp³-hybridized carbons (Fsp3) is 0.538. The normalized spacial score (nSPS) is 17.4. The highest BCUT2D eigenvalue weighted by molar-refractivity contribution is 5.59. The average Bonchev–Trinajstić information content (AvgIpc) is 2.31. The first kappa shape index (κ1) is 11.3. The fourth-order valence-corrected chi connectivity index (χ4v) is 2.18. The summed E-state index contributed by atoms with van der Waals surface area (Å²) >= 11 is 0. The number of benzene rings is 1. The van der Waals surface area contributed by atoms with Gasteiger partial charge in [-0.05, 0) is 51.4 Å². The van der Waals surface area contributed by atoms with Crippen LogP contribution in [0.1, 0.15) is 24.0 Å². The van der Waals surface area contributed by atoms with Crippen LogP contribution < -0.4 is 10.6 Å². The number of nitrogens with one attached hydrogen (secondary N) is 2. The Hall–Kier alpha value is -1.22. The fourth-order valence-electron chi connectivity index (χ4n) is 2.18. The third-order valence-electron chi connectivity index (χ3n) is 3.33. The van der Waals surface area contributed by atoms with Gasteiger partial charge >= 0.3 is 0 Å². The van der Waals surface area contributed by atoms with Crippen LogP contribution in [0.2, 0.25) is 0 Å².